The minimum Gasteiger partial charge on any atom is -0.476 e. The second-order valence-electron chi connectivity index (χ2n) is 5.00. The van der Waals surface area contributed by atoms with E-state index in [-0.39, 0.29) is 20.9 Å². The van der Waals surface area contributed by atoms with Crippen LogP contribution >= 0.6 is 34.8 Å². The second kappa shape index (κ2) is 7.27. The summed E-state index contributed by atoms with van der Waals surface area (Å²) in [5.74, 6) is -1.32. The summed E-state index contributed by atoms with van der Waals surface area (Å²) < 4.78 is 0. The maximum atomic E-state index is 11.2. The molecule has 1 heterocycles. The Morgan fingerprint density at radius 3 is 2.56 bits per heavy atom. The van der Waals surface area contributed by atoms with Gasteiger partial charge >= 0.3 is 5.97 Å². The Kier molecular flexibility index (Phi) is 5.08. The maximum absolute atomic E-state index is 11.2. The van der Waals surface area contributed by atoms with E-state index in [9.17, 15) is 4.79 Å². The van der Waals surface area contributed by atoms with Crippen molar-refractivity contribution in [2.75, 3.05) is 5.43 Å². The van der Waals surface area contributed by atoms with Crippen molar-refractivity contribution in [2.45, 2.75) is 0 Å². The van der Waals surface area contributed by atoms with Crippen LogP contribution in [0.4, 0.5) is 5.69 Å². The lowest BCUT2D eigenvalue weighted by Crippen LogP contribution is -2.05. The molecule has 126 valence electrons. The topological polar surface area (TPSA) is 74.6 Å². The fraction of sp³-hybridized carbons (Fsp3) is 0. The van der Waals surface area contributed by atoms with E-state index in [1.54, 1.807) is 6.21 Å². The van der Waals surface area contributed by atoms with Crippen molar-refractivity contribution in [3.8, 4) is 0 Å². The molecule has 0 saturated carbocycles. The third-order valence-electron chi connectivity index (χ3n) is 3.44. The predicted octanol–water partition coefficient (Wildman–Crippen LogP) is 5.34. The number of rotatable bonds is 4. The van der Waals surface area contributed by atoms with Gasteiger partial charge < -0.3 is 5.11 Å². The third-order valence-corrected chi connectivity index (χ3v) is 4.55. The van der Waals surface area contributed by atoms with Crippen LogP contribution in [0.1, 0.15) is 16.1 Å². The first kappa shape index (κ1) is 17.5. The van der Waals surface area contributed by atoms with Crippen LogP contribution in [-0.4, -0.2) is 22.3 Å². The van der Waals surface area contributed by atoms with E-state index in [1.807, 2.05) is 42.5 Å². The first-order valence-electron chi connectivity index (χ1n) is 7.03. The minimum atomic E-state index is -1.32. The highest BCUT2D eigenvalue weighted by molar-refractivity contribution is 6.46. The summed E-state index contributed by atoms with van der Waals surface area (Å²) in [6, 6.07) is 13.7. The summed E-state index contributed by atoms with van der Waals surface area (Å²) >= 11 is 17.9. The number of carbonyl (C=O) groups is 1. The zero-order chi connectivity index (χ0) is 18.0. The van der Waals surface area contributed by atoms with Gasteiger partial charge in [-0.15, -0.1) is 0 Å². The van der Waals surface area contributed by atoms with E-state index in [1.165, 1.54) is 0 Å². The van der Waals surface area contributed by atoms with Crippen molar-refractivity contribution in [1.29, 1.82) is 0 Å². The number of pyridine rings is 1. The fourth-order valence-electron chi connectivity index (χ4n) is 2.28. The number of benzene rings is 2. The number of hydrazone groups is 1. The van der Waals surface area contributed by atoms with Crippen molar-refractivity contribution in [3.63, 3.8) is 0 Å². The molecule has 0 saturated heterocycles. The van der Waals surface area contributed by atoms with Crippen molar-refractivity contribution < 1.29 is 9.90 Å². The molecule has 5 nitrogen and oxygen atoms in total. The van der Waals surface area contributed by atoms with Gasteiger partial charge in [0.15, 0.2) is 10.8 Å². The van der Waals surface area contributed by atoms with Gasteiger partial charge in [-0.05, 0) is 10.8 Å². The Morgan fingerprint density at radius 2 is 1.80 bits per heavy atom. The van der Waals surface area contributed by atoms with Gasteiger partial charge in [0.05, 0.1) is 11.9 Å². The zero-order valence-corrected chi connectivity index (χ0v) is 14.8. The number of carboxylic acid groups (broad SMARTS) is 1. The highest BCUT2D eigenvalue weighted by Gasteiger charge is 2.20. The quantitative estimate of drug-likeness (QED) is 0.356. The molecule has 0 unspecified atom stereocenters. The number of nitrogens with zero attached hydrogens (tertiary/aromatic N) is 2. The molecule has 25 heavy (non-hydrogen) atoms. The Bertz CT molecular complexity index is 1000. The molecular formula is C17H10Cl3N3O2. The fourth-order valence-corrected chi connectivity index (χ4v) is 2.95. The normalized spacial score (nSPS) is 11.2. The van der Waals surface area contributed by atoms with Crippen LogP contribution in [0.15, 0.2) is 47.6 Å². The second-order valence-corrected chi connectivity index (χ2v) is 6.11. The molecule has 0 aliphatic carbocycles. The number of aromatic nitrogens is 1. The number of anilines is 1. The molecule has 3 rings (SSSR count). The maximum Gasteiger partial charge on any atom is 0.356 e. The monoisotopic (exact) mass is 393 g/mol. The Balaban J connectivity index is 1.96. The van der Waals surface area contributed by atoms with E-state index < -0.39 is 11.7 Å². The zero-order valence-electron chi connectivity index (χ0n) is 12.5. The standard InChI is InChI=1S/C17H10Cl3N3O2/c18-12-14(13(19)16(20)22-15(12)17(24)25)23-21-8-10-6-3-5-9-4-1-2-7-11(9)10/h1-8H,(H,22,23)(H,24,25)/b21-8-. The summed E-state index contributed by atoms with van der Waals surface area (Å²) in [6.07, 6.45) is 1.59. The average Bonchev–Trinajstić information content (AvgIpc) is 2.61. The molecule has 0 bridgehead atoms. The lowest BCUT2D eigenvalue weighted by Gasteiger charge is -2.09. The van der Waals surface area contributed by atoms with Crippen LogP contribution in [-0.2, 0) is 0 Å². The molecule has 1 aromatic heterocycles. The molecule has 0 fully saturated rings. The van der Waals surface area contributed by atoms with Crippen LogP contribution in [0.5, 0.6) is 0 Å². The van der Waals surface area contributed by atoms with E-state index in [2.05, 4.69) is 15.5 Å². The summed E-state index contributed by atoms with van der Waals surface area (Å²) in [4.78, 5) is 14.8. The van der Waals surface area contributed by atoms with Crippen molar-refractivity contribution in [2.24, 2.45) is 5.10 Å². The molecule has 2 N–H and O–H groups in total. The molecule has 8 heteroatoms. The lowest BCUT2D eigenvalue weighted by molar-refractivity contribution is 0.0691. The highest BCUT2D eigenvalue weighted by Crippen LogP contribution is 2.36. The van der Waals surface area contributed by atoms with E-state index >= 15 is 0 Å². The Hall–Kier alpha value is -2.34. The van der Waals surface area contributed by atoms with E-state index in [4.69, 9.17) is 39.9 Å². The number of hydrogen-bond donors (Lipinski definition) is 2. The lowest BCUT2D eigenvalue weighted by atomic mass is 10.1. The van der Waals surface area contributed by atoms with Gasteiger partial charge in [-0.3, -0.25) is 5.43 Å². The van der Waals surface area contributed by atoms with Crippen molar-refractivity contribution in [1.82, 2.24) is 4.98 Å². The van der Waals surface area contributed by atoms with E-state index in [0.717, 1.165) is 16.3 Å². The van der Waals surface area contributed by atoms with Gasteiger partial charge in [-0.1, -0.05) is 77.3 Å². The van der Waals surface area contributed by atoms with Gasteiger partial charge in [0, 0.05) is 5.56 Å². The van der Waals surface area contributed by atoms with Crippen LogP contribution in [0.3, 0.4) is 0 Å². The highest BCUT2D eigenvalue weighted by atomic mass is 35.5. The molecule has 0 spiro atoms. The van der Waals surface area contributed by atoms with Gasteiger partial charge in [0.25, 0.3) is 0 Å². The number of aromatic carboxylic acids is 1. The molecule has 0 atom stereocenters. The minimum absolute atomic E-state index is 0.00765. The number of carboxylic acids is 1. The number of fused-ring (bicyclic) bond motifs is 1. The van der Waals surface area contributed by atoms with Crippen LogP contribution < -0.4 is 5.43 Å². The molecular weight excluding hydrogens is 385 g/mol. The molecule has 0 aliphatic heterocycles. The van der Waals surface area contributed by atoms with Gasteiger partial charge in [-0.2, -0.15) is 5.10 Å². The van der Waals surface area contributed by atoms with Crippen LogP contribution in [0.2, 0.25) is 15.2 Å². The first-order chi connectivity index (χ1) is 12.0. The number of halogens is 3. The van der Waals surface area contributed by atoms with Crippen LogP contribution in [0, 0.1) is 0 Å². The SMILES string of the molecule is O=C(O)c1nc(Cl)c(Cl)c(N/N=C\c2cccc3ccccc23)c1Cl. The average molecular weight is 395 g/mol. The molecule has 2 aromatic carbocycles. The Morgan fingerprint density at radius 1 is 1.08 bits per heavy atom. The summed E-state index contributed by atoms with van der Waals surface area (Å²) in [5, 5.41) is 15.0. The molecule has 0 aliphatic rings. The predicted molar refractivity (Wildman–Crippen MR) is 101 cm³/mol. The summed E-state index contributed by atoms with van der Waals surface area (Å²) in [6.45, 7) is 0. The molecule has 3 aromatic rings. The van der Waals surface area contributed by atoms with Crippen molar-refractivity contribution in [3.05, 3.63) is 68.9 Å². The van der Waals surface area contributed by atoms with E-state index in [0.29, 0.717) is 0 Å². The Labute approximate surface area is 157 Å². The number of nitrogens with one attached hydrogen (secondary N) is 1. The summed E-state index contributed by atoms with van der Waals surface area (Å²) in [7, 11) is 0. The summed E-state index contributed by atoms with van der Waals surface area (Å²) in [5.41, 5.74) is 3.20. The molecule has 0 radical (unpaired) electrons. The van der Waals surface area contributed by atoms with Gasteiger partial charge in [-0.25, -0.2) is 9.78 Å². The third kappa shape index (κ3) is 3.54. The largest absolute Gasteiger partial charge is 0.476 e. The number of hydrogen-bond acceptors (Lipinski definition) is 4. The molecule has 0 amide bonds. The van der Waals surface area contributed by atoms with Crippen LogP contribution in [0.25, 0.3) is 10.8 Å². The van der Waals surface area contributed by atoms with Gasteiger partial charge in [0.2, 0.25) is 0 Å². The first-order valence-corrected chi connectivity index (χ1v) is 8.17. The smallest absolute Gasteiger partial charge is 0.356 e. The van der Waals surface area contributed by atoms with Crippen molar-refractivity contribution >= 4 is 63.4 Å². The van der Waals surface area contributed by atoms with Gasteiger partial charge in [0.1, 0.15) is 10.0 Å².